The second kappa shape index (κ2) is 3.97. The van der Waals surface area contributed by atoms with Crippen LogP contribution in [0, 0.1) is 10.1 Å². The standard InChI is InChI=1S/C8H10N2O3/c9-7(5-11)6-3-1-2-4-8(6)10(12)13/h1-4,7,11H,5,9H2/t7-/m1/s1. The first-order valence-electron chi connectivity index (χ1n) is 3.76. The first-order valence-corrected chi connectivity index (χ1v) is 3.76. The largest absolute Gasteiger partial charge is 0.394 e. The summed E-state index contributed by atoms with van der Waals surface area (Å²) >= 11 is 0. The molecule has 0 amide bonds. The first-order chi connectivity index (χ1) is 6.16. The number of nitrogens with two attached hydrogens (primary N) is 1. The Hall–Kier alpha value is -1.46. The number of hydrogen-bond acceptors (Lipinski definition) is 4. The number of nitro benzene ring substituents is 1. The van der Waals surface area contributed by atoms with Gasteiger partial charge in [-0.15, -0.1) is 0 Å². The Labute approximate surface area is 74.9 Å². The van der Waals surface area contributed by atoms with Crippen molar-refractivity contribution in [3.8, 4) is 0 Å². The van der Waals surface area contributed by atoms with Crippen molar-refractivity contribution in [2.45, 2.75) is 6.04 Å². The zero-order chi connectivity index (χ0) is 9.84. The van der Waals surface area contributed by atoms with Crippen LogP contribution < -0.4 is 5.73 Å². The molecule has 13 heavy (non-hydrogen) atoms. The number of nitro groups is 1. The topological polar surface area (TPSA) is 89.4 Å². The Kier molecular flexibility index (Phi) is 2.94. The van der Waals surface area contributed by atoms with E-state index in [0.29, 0.717) is 5.56 Å². The van der Waals surface area contributed by atoms with E-state index >= 15 is 0 Å². The van der Waals surface area contributed by atoms with Gasteiger partial charge in [0.25, 0.3) is 5.69 Å². The molecule has 0 aliphatic heterocycles. The van der Waals surface area contributed by atoms with Crippen LogP contribution in [0.4, 0.5) is 5.69 Å². The average Bonchev–Trinajstić information content (AvgIpc) is 2.16. The Morgan fingerprint density at radius 1 is 1.54 bits per heavy atom. The molecule has 0 aliphatic rings. The smallest absolute Gasteiger partial charge is 0.274 e. The van der Waals surface area contributed by atoms with Crippen LogP contribution in [0.15, 0.2) is 24.3 Å². The molecule has 70 valence electrons. The Balaban J connectivity index is 3.11. The van der Waals surface area contributed by atoms with E-state index in [4.69, 9.17) is 10.8 Å². The molecule has 5 nitrogen and oxygen atoms in total. The Morgan fingerprint density at radius 2 is 2.15 bits per heavy atom. The lowest BCUT2D eigenvalue weighted by atomic mass is 10.1. The van der Waals surface area contributed by atoms with E-state index in [9.17, 15) is 10.1 Å². The summed E-state index contributed by atoms with van der Waals surface area (Å²) in [6.07, 6.45) is 0. The van der Waals surface area contributed by atoms with Crippen molar-refractivity contribution in [1.82, 2.24) is 0 Å². The molecule has 0 fully saturated rings. The third kappa shape index (κ3) is 2.01. The maximum Gasteiger partial charge on any atom is 0.274 e. The van der Waals surface area contributed by atoms with Gasteiger partial charge < -0.3 is 10.8 Å². The summed E-state index contributed by atoms with van der Waals surface area (Å²) < 4.78 is 0. The van der Waals surface area contributed by atoms with Crippen LogP contribution in [-0.2, 0) is 0 Å². The van der Waals surface area contributed by atoms with E-state index in [1.165, 1.54) is 6.07 Å². The maximum atomic E-state index is 10.5. The fourth-order valence-corrected chi connectivity index (χ4v) is 1.07. The van der Waals surface area contributed by atoms with Gasteiger partial charge in [0, 0.05) is 11.6 Å². The lowest BCUT2D eigenvalue weighted by Crippen LogP contribution is -2.15. The summed E-state index contributed by atoms with van der Waals surface area (Å²) in [6, 6.07) is 5.43. The van der Waals surface area contributed by atoms with E-state index in [2.05, 4.69) is 0 Å². The zero-order valence-corrected chi connectivity index (χ0v) is 6.88. The van der Waals surface area contributed by atoms with Gasteiger partial charge in [-0.3, -0.25) is 10.1 Å². The van der Waals surface area contributed by atoms with Gasteiger partial charge in [-0.2, -0.15) is 0 Å². The van der Waals surface area contributed by atoms with Gasteiger partial charge in [-0.1, -0.05) is 18.2 Å². The van der Waals surface area contributed by atoms with Gasteiger partial charge in [0.05, 0.1) is 17.6 Å². The Morgan fingerprint density at radius 3 is 2.69 bits per heavy atom. The minimum Gasteiger partial charge on any atom is -0.394 e. The summed E-state index contributed by atoms with van der Waals surface area (Å²) in [6.45, 7) is -0.301. The lowest BCUT2D eigenvalue weighted by Gasteiger charge is -2.07. The molecule has 1 rings (SSSR count). The minimum atomic E-state index is -0.693. The summed E-state index contributed by atoms with van der Waals surface area (Å²) in [5.41, 5.74) is 5.78. The number of benzene rings is 1. The molecule has 1 atom stereocenters. The minimum absolute atomic E-state index is 0.0518. The SMILES string of the molecule is N[C@H](CO)c1ccccc1[N+](=O)[O-]. The predicted octanol–water partition coefficient (Wildman–Crippen LogP) is 0.587. The molecule has 0 bridgehead atoms. The summed E-state index contributed by atoms with van der Waals surface area (Å²) in [5, 5.41) is 19.3. The number of para-hydroxylation sites is 1. The highest BCUT2D eigenvalue weighted by molar-refractivity contribution is 5.41. The Bertz CT molecular complexity index is 314. The number of nitrogens with zero attached hydrogens (tertiary/aromatic N) is 1. The van der Waals surface area contributed by atoms with Crippen molar-refractivity contribution in [2.75, 3.05) is 6.61 Å². The quantitative estimate of drug-likeness (QED) is 0.528. The van der Waals surface area contributed by atoms with Gasteiger partial charge in [-0.05, 0) is 0 Å². The van der Waals surface area contributed by atoms with E-state index < -0.39 is 11.0 Å². The van der Waals surface area contributed by atoms with Crippen molar-refractivity contribution in [1.29, 1.82) is 0 Å². The monoisotopic (exact) mass is 182 g/mol. The van der Waals surface area contributed by atoms with Crippen LogP contribution in [0.3, 0.4) is 0 Å². The van der Waals surface area contributed by atoms with Crippen molar-refractivity contribution in [2.24, 2.45) is 5.73 Å². The second-order valence-electron chi connectivity index (χ2n) is 2.60. The van der Waals surface area contributed by atoms with Crippen LogP contribution in [0.2, 0.25) is 0 Å². The highest BCUT2D eigenvalue weighted by atomic mass is 16.6. The maximum absolute atomic E-state index is 10.5. The number of rotatable bonds is 3. The van der Waals surface area contributed by atoms with Crippen LogP contribution in [-0.4, -0.2) is 16.6 Å². The van der Waals surface area contributed by atoms with E-state index in [-0.39, 0.29) is 12.3 Å². The zero-order valence-electron chi connectivity index (χ0n) is 6.88. The van der Waals surface area contributed by atoms with E-state index in [0.717, 1.165) is 0 Å². The van der Waals surface area contributed by atoms with Gasteiger partial charge in [0.15, 0.2) is 0 Å². The van der Waals surface area contributed by atoms with Gasteiger partial charge in [-0.25, -0.2) is 0 Å². The number of aliphatic hydroxyl groups is 1. The van der Waals surface area contributed by atoms with E-state index in [1.807, 2.05) is 0 Å². The highest BCUT2D eigenvalue weighted by Gasteiger charge is 2.17. The number of aliphatic hydroxyl groups excluding tert-OH is 1. The number of hydrogen-bond donors (Lipinski definition) is 2. The molecule has 0 radical (unpaired) electrons. The molecule has 0 aliphatic carbocycles. The molecule has 0 saturated heterocycles. The molecular weight excluding hydrogens is 172 g/mol. The first kappa shape index (κ1) is 9.63. The van der Waals surface area contributed by atoms with Crippen molar-refractivity contribution in [3.63, 3.8) is 0 Å². The van der Waals surface area contributed by atoms with Crippen molar-refractivity contribution < 1.29 is 10.0 Å². The van der Waals surface area contributed by atoms with Crippen molar-refractivity contribution in [3.05, 3.63) is 39.9 Å². The molecule has 1 aromatic rings. The molecule has 5 heteroatoms. The van der Waals surface area contributed by atoms with Gasteiger partial charge in [0.1, 0.15) is 0 Å². The van der Waals surface area contributed by atoms with Crippen LogP contribution in [0.5, 0.6) is 0 Å². The lowest BCUT2D eigenvalue weighted by molar-refractivity contribution is -0.385. The summed E-state index contributed by atoms with van der Waals surface area (Å²) in [4.78, 5) is 10.0. The molecule has 0 aromatic heterocycles. The van der Waals surface area contributed by atoms with Gasteiger partial charge in [0.2, 0.25) is 0 Å². The molecule has 3 N–H and O–H groups in total. The molecule has 0 heterocycles. The van der Waals surface area contributed by atoms with E-state index in [1.54, 1.807) is 18.2 Å². The molecule has 0 spiro atoms. The third-order valence-corrected chi connectivity index (χ3v) is 1.73. The average molecular weight is 182 g/mol. The normalized spacial score (nSPS) is 12.5. The molecule has 0 saturated carbocycles. The van der Waals surface area contributed by atoms with Gasteiger partial charge >= 0.3 is 0 Å². The predicted molar refractivity (Wildman–Crippen MR) is 47.1 cm³/mol. The fourth-order valence-electron chi connectivity index (χ4n) is 1.07. The fraction of sp³-hybridized carbons (Fsp3) is 0.250. The molecular formula is C8H10N2O3. The summed E-state index contributed by atoms with van der Waals surface area (Å²) in [5.74, 6) is 0. The third-order valence-electron chi connectivity index (χ3n) is 1.73. The molecule has 1 aromatic carbocycles. The second-order valence-corrected chi connectivity index (χ2v) is 2.60. The highest BCUT2D eigenvalue weighted by Crippen LogP contribution is 2.22. The van der Waals surface area contributed by atoms with Crippen LogP contribution in [0.1, 0.15) is 11.6 Å². The van der Waals surface area contributed by atoms with Crippen LogP contribution in [0.25, 0.3) is 0 Å². The van der Waals surface area contributed by atoms with Crippen molar-refractivity contribution >= 4 is 5.69 Å². The summed E-state index contributed by atoms with van der Waals surface area (Å²) in [7, 11) is 0. The van der Waals surface area contributed by atoms with Crippen LogP contribution >= 0.6 is 0 Å². The molecule has 0 unspecified atom stereocenters.